The predicted molar refractivity (Wildman–Crippen MR) is 162 cm³/mol. The summed E-state index contributed by atoms with van der Waals surface area (Å²) in [5, 5.41) is 0.395. The van der Waals surface area contributed by atoms with Gasteiger partial charge in [-0.1, -0.05) is 24.2 Å². The highest BCUT2D eigenvalue weighted by Gasteiger charge is 2.49. The summed E-state index contributed by atoms with van der Waals surface area (Å²) in [6.45, 7) is 8.79. The molecule has 3 aliphatic heterocycles. The molecule has 2 aromatic heterocycles. The van der Waals surface area contributed by atoms with Crippen molar-refractivity contribution in [2.24, 2.45) is 5.92 Å². The fourth-order valence-electron chi connectivity index (χ4n) is 6.67. The number of hydrogen-bond acceptors (Lipinski definition) is 6. The van der Waals surface area contributed by atoms with Gasteiger partial charge in [-0.05, 0) is 44.2 Å². The average Bonchev–Trinajstić information content (AvgIpc) is 3.64. The molecule has 0 spiro atoms. The first-order valence-electron chi connectivity index (χ1n) is 14.5. The van der Waals surface area contributed by atoms with Crippen molar-refractivity contribution in [3.05, 3.63) is 76.5 Å². The van der Waals surface area contributed by atoms with Crippen LogP contribution in [0.3, 0.4) is 0 Å². The number of hydrogen-bond donors (Lipinski definition) is 0. The molecule has 3 aliphatic rings. The number of fused-ring (bicyclic) bond motifs is 3. The molecule has 5 heterocycles. The quantitative estimate of drug-likeness (QED) is 0.375. The Hall–Kier alpha value is -4.39. The highest BCUT2D eigenvalue weighted by atomic mass is 35.5. The van der Waals surface area contributed by atoms with Crippen LogP contribution in [0.5, 0.6) is 0 Å². The Kier molecular flexibility index (Phi) is 7.62. The van der Waals surface area contributed by atoms with Crippen LogP contribution in [-0.2, 0) is 46.7 Å². The van der Waals surface area contributed by atoms with Crippen LogP contribution in [0, 0.1) is 12.8 Å². The first-order valence-corrected chi connectivity index (χ1v) is 14.9. The van der Waals surface area contributed by atoms with E-state index in [-0.39, 0.29) is 36.9 Å². The predicted octanol–water partition coefficient (Wildman–Crippen LogP) is 4.71. The average molecular weight is 642 g/mol. The number of likely N-dealkylation sites (N-methyl/N-ethyl adjacent to an activating group) is 1. The van der Waals surface area contributed by atoms with Crippen LogP contribution in [0.25, 0.3) is 0 Å². The van der Waals surface area contributed by atoms with Gasteiger partial charge < -0.3 is 19.3 Å². The SMILES string of the molecule is C=CC(=O)N1Cc2nc(CN3C[C@H]4CC(=O)N(c5cc(C(F)(F)F)cc(C)n5)[C@@H]4C(=O)N(C)c4cccc(Cl)c43)n(CC)c2C1. The maximum atomic E-state index is 14.1. The van der Waals surface area contributed by atoms with E-state index in [0.717, 1.165) is 34.2 Å². The van der Waals surface area contributed by atoms with Crippen molar-refractivity contribution in [2.45, 2.75) is 58.7 Å². The fourth-order valence-corrected chi connectivity index (χ4v) is 6.96. The lowest BCUT2D eigenvalue weighted by Gasteiger charge is -2.39. The van der Waals surface area contributed by atoms with Crippen LogP contribution in [0.1, 0.15) is 41.8 Å². The smallest absolute Gasteiger partial charge is 0.361 e. The summed E-state index contributed by atoms with van der Waals surface area (Å²) in [5.74, 6) is -1.20. The zero-order chi connectivity index (χ0) is 32.4. The van der Waals surface area contributed by atoms with Crippen molar-refractivity contribution in [3.8, 4) is 0 Å². The van der Waals surface area contributed by atoms with Crippen LogP contribution < -0.4 is 14.7 Å². The molecule has 45 heavy (non-hydrogen) atoms. The van der Waals surface area contributed by atoms with Crippen LogP contribution in [0.4, 0.5) is 30.4 Å². The van der Waals surface area contributed by atoms with Crippen molar-refractivity contribution in [1.29, 1.82) is 0 Å². The number of para-hydroxylation sites is 1. The first kappa shape index (κ1) is 30.6. The van der Waals surface area contributed by atoms with Gasteiger partial charge in [-0.2, -0.15) is 13.2 Å². The van der Waals surface area contributed by atoms with Gasteiger partial charge in [0.1, 0.15) is 17.7 Å². The minimum absolute atomic E-state index is 0.0746. The second kappa shape index (κ2) is 11.2. The van der Waals surface area contributed by atoms with E-state index < -0.39 is 35.5 Å². The number of carbonyl (C=O) groups is 3. The molecule has 14 heteroatoms. The number of benzene rings is 1. The number of amides is 3. The number of imidazole rings is 1. The number of carbonyl (C=O) groups excluding carboxylic acids is 3. The van der Waals surface area contributed by atoms with Gasteiger partial charge in [-0.25, -0.2) is 9.97 Å². The number of rotatable bonds is 5. The van der Waals surface area contributed by atoms with E-state index in [4.69, 9.17) is 16.6 Å². The normalized spacial score (nSPS) is 19.8. The minimum Gasteiger partial charge on any atom is -0.361 e. The second-order valence-electron chi connectivity index (χ2n) is 11.5. The van der Waals surface area contributed by atoms with Gasteiger partial charge in [0.25, 0.3) is 0 Å². The lowest BCUT2D eigenvalue weighted by atomic mass is 9.95. The summed E-state index contributed by atoms with van der Waals surface area (Å²) in [6, 6.07) is 5.81. The summed E-state index contributed by atoms with van der Waals surface area (Å²) < 4.78 is 43.2. The van der Waals surface area contributed by atoms with Gasteiger partial charge in [0, 0.05) is 38.2 Å². The number of halogens is 4. The van der Waals surface area contributed by atoms with E-state index in [1.807, 2.05) is 11.8 Å². The van der Waals surface area contributed by atoms with E-state index >= 15 is 0 Å². The lowest BCUT2D eigenvalue weighted by molar-refractivity contribution is -0.137. The molecule has 0 aliphatic carbocycles. The molecule has 0 unspecified atom stereocenters. The maximum Gasteiger partial charge on any atom is 0.416 e. The third-order valence-corrected chi connectivity index (χ3v) is 8.98. The highest BCUT2D eigenvalue weighted by molar-refractivity contribution is 6.34. The van der Waals surface area contributed by atoms with Crippen LogP contribution in [0.15, 0.2) is 43.0 Å². The molecule has 0 saturated carbocycles. The van der Waals surface area contributed by atoms with E-state index in [1.54, 1.807) is 30.1 Å². The van der Waals surface area contributed by atoms with Crippen LogP contribution >= 0.6 is 11.6 Å². The minimum atomic E-state index is -4.66. The Balaban J connectivity index is 1.41. The van der Waals surface area contributed by atoms with E-state index in [0.29, 0.717) is 36.0 Å². The Labute approximate surface area is 262 Å². The summed E-state index contributed by atoms with van der Waals surface area (Å²) in [4.78, 5) is 55.2. The Morgan fingerprint density at radius 2 is 1.93 bits per heavy atom. The maximum absolute atomic E-state index is 14.1. The van der Waals surface area contributed by atoms with Crippen molar-refractivity contribution in [2.75, 3.05) is 28.3 Å². The number of aromatic nitrogens is 3. The van der Waals surface area contributed by atoms with Gasteiger partial charge >= 0.3 is 6.18 Å². The lowest BCUT2D eigenvalue weighted by Crippen LogP contribution is -2.52. The van der Waals surface area contributed by atoms with Gasteiger partial charge in [0.05, 0.1) is 53.0 Å². The molecule has 0 N–H and O–H groups in total. The summed E-state index contributed by atoms with van der Waals surface area (Å²) in [6.07, 6.45) is -3.45. The monoisotopic (exact) mass is 641 g/mol. The summed E-state index contributed by atoms with van der Waals surface area (Å²) >= 11 is 6.78. The van der Waals surface area contributed by atoms with E-state index in [1.165, 1.54) is 17.9 Å². The standard InChI is InChI=1S/C31H31ClF3N7O3/c1-5-26(43)39-14-21-23(15-39)41(6-2)25(37-21)16-40-13-18-11-27(44)42(24-12-19(31(33,34)35)10-17(3)36-24)28(18)30(45)38(4)22-9-7-8-20(32)29(22)40/h5,7-10,12,18,28H,1,6,11,13-16H2,2-4H3/t18-,28+/m1/s1. The molecule has 0 bridgehead atoms. The van der Waals surface area contributed by atoms with Gasteiger partial charge in [0.15, 0.2) is 0 Å². The largest absolute Gasteiger partial charge is 0.416 e. The number of nitrogens with zero attached hydrogens (tertiary/aromatic N) is 7. The van der Waals surface area contributed by atoms with Crippen molar-refractivity contribution in [1.82, 2.24) is 19.4 Å². The van der Waals surface area contributed by atoms with Gasteiger partial charge in [-0.3, -0.25) is 19.3 Å². The molecule has 3 aromatic rings. The molecule has 10 nitrogen and oxygen atoms in total. The third-order valence-electron chi connectivity index (χ3n) is 8.68. The topological polar surface area (TPSA) is 94.9 Å². The van der Waals surface area contributed by atoms with Crippen molar-refractivity contribution < 1.29 is 27.6 Å². The zero-order valence-corrected chi connectivity index (χ0v) is 25.7. The first-order chi connectivity index (χ1) is 21.3. The zero-order valence-electron chi connectivity index (χ0n) is 24.9. The summed E-state index contributed by atoms with van der Waals surface area (Å²) in [7, 11) is 1.57. The Morgan fingerprint density at radius 3 is 2.62 bits per heavy atom. The molecule has 2 atom stereocenters. The molecular formula is C31H31ClF3N7O3. The molecule has 1 saturated heterocycles. The summed E-state index contributed by atoms with van der Waals surface area (Å²) in [5.41, 5.74) is 1.91. The van der Waals surface area contributed by atoms with Crippen LogP contribution in [-0.4, -0.2) is 56.8 Å². The second-order valence-corrected chi connectivity index (χ2v) is 11.9. The number of pyridine rings is 1. The molecule has 3 amide bonds. The molecule has 236 valence electrons. The Bertz CT molecular complexity index is 1740. The number of anilines is 3. The number of aryl methyl sites for hydroxylation is 1. The fraction of sp³-hybridized carbons (Fsp3) is 0.387. The molecule has 0 radical (unpaired) electrons. The van der Waals surface area contributed by atoms with Crippen molar-refractivity contribution in [3.63, 3.8) is 0 Å². The highest BCUT2D eigenvalue weighted by Crippen LogP contribution is 2.43. The van der Waals surface area contributed by atoms with Crippen LogP contribution in [0.2, 0.25) is 5.02 Å². The van der Waals surface area contributed by atoms with E-state index in [2.05, 4.69) is 16.1 Å². The Morgan fingerprint density at radius 1 is 1.18 bits per heavy atom. The number of alkyl halides is 3. The van der Waals surface area contributed by atoms with E-state index in [9.17, 15) is 27.6 Å². The van der Waals surface area contributed by atoms with Crippen molar-refractivity contribution >= 4 is 46.5 Å². The molecule has 1 fully saturated rings. The molecular weight excluding hydrogens is 611 g/mol. The molecule has 6 rings (SSSR count). The van der Waals surface area contributed by atoms with Gasteiger partial charge in [-0.15, -0.1) is 0 Å². The third kappa shape index (κ3) is 5.22. The molecule has 1 aromatic carbocycles. The van der Waals surface area contributed by atoms with Gasteiger partial charge in [0.2, 0.25) is 17.7 Å².